The topological polar surface area (TPSA) is 79.7 Å². The summed E-state index contributed by atoms with van der Waals surface area (Å²) in [7, 11) is 0. The fourth-order valence-electron chi connectivity index (χ4n) is 4.55. The van der Waals surface area contributed by atoms with Gasteiger partial charge in [-0.2, -0.15) is 0 Å². The van der Waals surface area contributed by atoms with E-state index in [0.717, 1.165) is 56.1 Å². The quantitative estimate of drug-likeness (QED) is 0.368. The molecule has 1 aromatic heterocycles. The van der Waals surface area contributed by atoms with Crippen LogP contribution in [-0.4, -0.2) is 40.0 Å². The molecular weight excluding hydrogens is 445 g/mol. The number of carboxylic acid groups (broad SMARTS) is 1. The number of benzene rings is 3. The molecule has 1 aliphatic heterocycles. The molecule has 0 amide bonds. The molecule has 4 aromatic rings. The van der Waals surface area contributed by atoms with Crippen LogP contribution in [0, 0.1) is 6.92 Å². The first-order valence-corrected chi connectivity index (χ1v) is 11.7. The monoisotopic (exact) mass is 475 g/mol. The summed E-state index contributed by atoms with van der Waals surface area (Å²) >= 11 is 0. The number of ether oxygens (including phenoxy) is 1. The van der Waals surface area contributed by atoms with Gasteiger partial charge in [-0.05, 0) is 72.0 Å². The first-order chi connectivity index (χ1) is 16.7. The number of pyridine rings is 1. The minimum Gasteiger partial charge on any atom is -0.493 e. The maximum absolute atomic E-state index is 11.6. The average molecular weight is 476 g/mol. The van der Waals surface area contributed by atoms with E-state index in [-0.39, 0.29) is 12.8 Å². The summed E-state index contributed by atoms with van der Waals surface area (Å²) in [4.78, 5) is 16.3. The Morgan fingerprint density at radius 2 is 1.94 bits per heavy atom. The number of aliphatic carboxylic acids is 1. The molecule has 0 unspecified atom stereocenters. The Morgan fingerprint density at radius 1 is 1.17 bits per heavy atom. The lowest BCUT2D eigenvalue weighted by molar-refractivity contribution is -0.136. The van der Waals surface area contributed by atoms with Crippen LogP contribution in [0.2, 0.25) is 0 Å². The van der Waals surface area contributed by atoms with Crippen LogP contribution >= 0.6 is 0 Å². The maximum atomic E-state index is 11.6. The van der Waals surface area contributed by atoms with Gasteiger partial charge in [0.25, 0.3) is 0 Å². The van der Waals surface area contributed by atoms with Gasteiger partial charge < -0.3 is 14.9 Å². The van der Waals surface area contributed by atoms with E-state index in [1.807, 2.05) is 43.5 Å². The molecule has 5 rings (SSSR count). The SMILES string of the molecule is CC(C)(O)CCF.Cc1cc2ccccc2c(-c2ccc3c4c(ccnc24)CCO3)c1CC(=O)O. The molecular formula is C29H30FNO4. The van der Waals surface area contributed by atoms with Gasteiger partial charge in [0.15, 0.2) is 0 Å². The van der Waals surface area contributed by atoms with Crippen molar-refractivity contribution in [1.29, 1.82) is 0 Å². The Kier molecular flexibility index (Phi) is 7.03. The second kappa shape index (κ2) is 10.0. The molecule has 3 aromatic carbocycles. The minimum atomic E-state index is -0.835. The van der Waals surface area contributed by atoms with E-state index >= 15 is 0 Å². The predicted octanol–water partition coefficient (Wildman–Crippen LogP) is 6.04. The zero-order valence-electron chi connectivity index (χ0n) is 20.3. The maximum Gasteiger partial charge on any atom is 0.307 e. The second-order valence-corrected chi connectivity index (χ2v) is 9.49. The third kappa shape index (κ3) is 5.28. The molecule has 0 aliphatic carbocycles. The van der Waals surface area contributed by atoms with Crippen molar-refractivity contribution in [2.24, 2.45) is 0 Å². The lowest BCUT2D eigenvalue weighted by Crippen LogP contribution is -2.18. The highest BCUT2D eigenvalue weighted by Crippen LogP contribution is 2.42. The highest BCUT2D eigenvalue weighted by atomic mass is 19.1. The molecule has 0 spiro atoms. The predicted molar refractivity (Wildman–Crippen MR) is 137 cm³/mol. The summed E-state index contributed by atoms with van der Waals surface area (Å²) < 4.78 is 17.2. The zero-order valence-corrected chi connectivity index (χ0v) is 20.3. The molecule has 2 heterocycles. The summed E-state index contributed by atoms with van der Waals surface area (Å²) in [5, 5.41) is 21.5. The second-order valence-electron chi connectivity index (χ2n) is 9.49. The van der Waals surface area contributed by atoms with E-state index in [0.29, 0.717) is 6.61 Å². The van der Waals surface area contributed by atoms with Gasteiger partial charge >= 0.3 is 5.97 Å². The number of alkyl halides is 1. The number of aliphatic hydroxyl groups is 1. The van der Waals surface area contributed by atoms with Crippen molar-refractivity contribution in [1.82, 2.24) is 4.98 Å². The van der Waals surface area contributed by atoms with E-state index in [9.17, 15) is 14.3 Å². The number of fused-ring (bicyclic) bond motifs is 1. The van der Waals surface area contributed by atoms with Gasteiger partial charge in [0.05, 0.1) is 30.8 Å². The van der Waals surface area contributed by atoms with Gasteiger partial charge in [0, 0.05) is 30.0 Å². The van der Waals surface area contributed by atoms with Crippen molar-refractivity contribution in [3.8, 4) is 16.9 Å². The van der Waals surface area contributed by atoms with Gasteiger partial charge in [-0.1, -0.05) is 30.3 Å². The van der Waals surface area contributed by atoms with E-state index in [2.05, 4.69) is 18.2 Å². The Hall–Kier alpha value is -3.51. The molecule has 5 nitrogen and oxygen atoms in total. The number of hydrogen-bond acceptors (Lipinski definition) is 4. The molecule has 0 fully saturated rings. The number of aromatic nitrogens is 1. The van der Waals surface area contributed by atoms with Crippen molar-refractivity contribution in [3.63, 3.8) is 0 Å². The number of rotatable bonds is 5. The lowest BCUT2D eigenvalue weighted by atomic mass is 9.87. The molecule has 2 N–H and O–H groups in total. The lowest BCUT2D eigenvalue weighted by Gasteiger charge is -2.21. The normalized spacial score (nSPS) is 12.7. The van der Waals surface area contributed by atoms with Gasteiger partial charge in [-0.25, -0.2) is 0 Å². The van der Waals surface area contributed by atoms with Crippen molar-refractivity contribution >= 4 is 27.6 Å². The fourth-order valence-corrected chi connectivity index (χ4v) is 4.55. The van der Waals surface area contributed by atoms with Crippen LogP contribution in [0.15, 0.2) is 54.7 Å². The number of halogens is 1. The number of nitrogens with zero attached hydrogens (tertiary/aromatic N) is 1. The largest absolute Gasteiger partial charge is 0.493 e. The average Bonchev–Trinajstić information content (AvgIpc) is 2.80. The third-order valence-corrected chi connectivity index (χ3v) is 6.25. The summed E-state index contributed by atoms with van der Waals surface area (Å²) in [5.74, 6) is 0.0171. The van der Waals surface area contributed by atoms with Crippen LogP contribution in [0.5, 0.6) is 5.75 Å². The molecule has 0 bridgehead atoms. The first kappa shape index (κ1) is 24.6. The van der Waals surface area contributed by atoms with Crippen molar-refractivity contribution in [2.45, 2.75) is 45.6 Å². The molecule has 0 radical (unpaired) electrons. The summed E-state index contributed by atoms with van der Waals surface area (Å²) in [6.45, 7) is 5.39. The fraction of sp³-hybridized carbons (Fsp3) is 0.310. The van der Waals surface area contributed by atoms with Crippen LogP contribution in [-0.2, 0) is 17.6 Å². The van der Waals surface area contributed by atoms with Crippen LogP contribution in [0.3, 0.4) is 0 Å². The van der Waals surface area contributed by atoms with Crippen molar-refractivity contribution < 1.29 is 24.1 Å². The van der Waals surface area contributed by atoms with Gasteiger partial charge in [-0.3, -0.25) is 14.2 Å². The van der Waals surface area contributed by atoms with Crippen LogP contribution in [0.1, 0.15) is 37.0 Å². The Bertz CT molecular complexity index is 1380. The van der Waals surface area contributed by atoms with Crippen molar-refractivity contribution in [3.05, 3.63) is 71.4 Å². The molecule has 0 saturated carbocycles. The van der Waals surface area contributed by atoms with E-state index in [1.165, 1.54) is 5.56 Å². The van der Waals surface area contributed by atoms with Gasteiger partial charge in [-0.15, -0.1) is 0 Å². The molecule has 0 saturated heterocycles. The highest BCUT2D eigenvalue weighted by molar-refractivity contribution is 6.08. The summed E-state index contributed by atoms with van der Waals surface area (Å²) in [6.07, 6.45) is 2.90. The number of carboxylic acids is 1. The van der Waals surface area contributed by atoms with Gasteiger partial charge in [0.2, 0.25) is 0 Å². The smallest absolute Gasteiger partial charge is 0.307 e. The number of hydrogen-bond donors (Lipinski definition) is 2. The van der Waals surface area contributed by atoms with E-state index < -0.39 is 18.2 Å². The Labute approximate surface area is 204 Å². The zero-order chi connectivity index (χ0) is 25.2. The van der Waals surface area contributed by atoms with E-state index in [4.69, 9.17) is 14.8 Å². The van der Waals surface area contributed by atoms with Gasteiger partial charge in [0.1, 0.15) is 5.75 Å². The van der Waals surface area contributed by atoms with Crippen molar-refractivity contribution in [2.75, 3.05) is 13.3 Å². The molecule has 182 valence electrons. The first-order valence-electron chi connectivity index (χ1n) is 11.7. The van der Waals surface area contributed by atoms with Crippen LogP contribution in [0.4, 0.5) is 4.39 Å². The molecule has 6 heteroatoms. The molecule has 0 atom stereocenters. The third-order valence-electron chi connectivity index (χ3n) is 6.25. The summed E-state index contributed by atoms with van der Waals surface area (Å²) in [6, 6.07) is 16.2. The molecule has 1 aliphatic rings. The minimum absolute atomic E-state index is 0.0224. The van der Waals surface area contributed by atoms with E-state index in [1.54, 1.807) is 13.8 Å². The summed E-state index contributed by atoms with van der Waals surface area (Å²) in [5.41, 5.74) is 5.01. The Morgan fingerprint density at radius 3 is 2.63 bits per heavy atom. The number of aryl methyl sites for hydroxylation is 1. The standard InChI is InChI=1S/C24H19NO3.C5H11FO/c1-14-12-16-4-2-3-5-17(16)23(19(14)13-21(26)27)18-6-7-20-22-15(9-11-28-20)8-10-25-24(18)22;1-5(2,7)3-4-6/h2-8,10,12H,9,11,13H2,1H3,(H,26,27);7H,3-4H2,1-2H3. The van der Waals surface area contributed by atoms with Crippen LogP contribution in [0.25, 0.3) is 32.8 Å². The highest BCUT2D eigenvalue weighted by Gasteiger charge is 2.21. The molecule has 35 heavy (non-hydrogen) atoms. The number of carbonyl (C=O) groups is 1. The van der Waals surface area contributed by atoms with Crippen LogP contribution < -0.4 is 4.74 Å². The Balaban J connectivity index is 0.000000364.